The van der Waals surface area contributed by atoms with E-state index >= 15 is 0 Å². The molecule has 1 atom stereocenters. The van der Waals surface area contributed by atoms with Gasteiger partial charge in [0.25, 0.3) is 0 Å². The van der Waals surface area contributed by atoms with Gasteiger partial charge in [0.1, 0.15) is 11.6 Å². The highest BCUT2D eigenvalue weighted by molar-refractivity contribution is 5.95. The average Bonchev–Trinajstić information content (AvgIpc) is 2.76. The maximum atomic E-state index is 12.8. The average molecular weight is 407 g/mol. The van der Waals surface area contributed by atoms with E-state index in [0.29, 0.717) is 25.9 Å². The van der Waals surface area contributed by atoms with Crippen molar-refractivity contribution < 1.29 is 9.59 Å². The fraction of sp³-hybridized carbons (Fsp3) is 0.500. The quantitative estimate of drug-likeness (QED) is 0.763. The van der Waals surface area contributed by atoms with E-state index in [0.717, 1.165) is 55.1 Å². The molecule has 1 aromatic carbocycles. The van der Waals surface area contributed by atoms with Crippen LogP contribution < -0.4 is 4.90 Å². The fourth-order valence-electron chi connectivity index (χ4n) is 4.58. The smallest absolute Gasteiger partial charge is 0.228 e. The number of piperidine rings is 1. The van der Waals surface area contributed by atoms with Gasteiger partial charge >= 0.3 is 0 Å². The van der Waals surface area contributed by atoms with Gasteiger partial charge < -0.3 is 4.90 Å². The molecule has 1 aromatic heterocycles. The van der Waals surface area contributed by atoms with Gasteiger partial charge in [-0.05, 0) is 44.6 Å². The van der Waals surface area contributed by atoms with Crippen LogP contribution in [0.4, 0.5) is 5.82 Å². The summed E-state index contributed by atoms with van der Waals surface area (Å²) in [5.74, 6) is 1.96. The highest BCUT2D eigenvalue weighted by atomic mass is 16.2. The minimum atomic E-state index is 0.104. The number of amides is 2. The van der Waals surface area contributed by atoms with Crippen molar-refractivity contribution in [3.05, 3.63) is 53.0 Å². The number of carbonyl (C=O) groups is 2. The minimum Gasteiger partial charge on any atom is -0.342 e. The zero-order valence-corrected chi connectivity index (χ0v) is 17.9. The van der Waals surface area contributed by atoms with Gasteiger partial charge in [-0.25, -0.2) is 9.97 Å². The van der Waals surface area contributed by atoms with E-state index in [-0.39, 0.29) is 17.7 Å². The van der Waals surface area contributed by atoms with Gasteiger partial charge in [0.15, 0.2) is 0 Å². The molecule has 0 bridgehead atoms. The number of carbonyl (C=O) groups excluding carboxylic acids is 2. The molecule has 1 fully saturated rings. The van der Waals surface area contributed by atoms with Crippen LogP contribution in [-0.4, -0.2) is 46.3 Å². The Labute approximate surface area is 178 Å². The zero-order valence-electron chi connectivity index (χ0n) is 17.9. The molecule has 1 saturated heterocycles. The zero-order chi connectivity index (χ0) is 21.1. The lowest BCUT2D eigenvalue weighted by Crippen LogP contribution is -2.40. The number of rotatable bonds is 5. The topological polar surface area (TPSA) is 66.4 Å². The minimum absolute atomic E-state index is 0.104. The van der Waals surface area contributed by atoms with Crippen LogP contribution in [0.2, 0.25) is 0 Å². The van der Waals surface area contributed by atoms with E-state index in [1.54, 1.807) is 6.92 Å². The Morgan fingerprint density at radius 2 is 1.97 bits per heavy atom. The molecule has 4 rings (SSSR count). The molecule has 3 heterocycles. The molecule has 30 heavy (non-hydrogen) atoms. The molecule has 158 valence electrons. The summed E-state index contributed by atoms with van der Waals surface area (Å²) in [5, 5.41) is 0. The third-order valence-corrected chi connectivity index (χ3v) is 6.28. The van der Waals surface area contributed by atoms with Crippen molar-refractivity contribution in [3.63, 3.8) is 0 Å². The van der Waals surface area contributed by atoms with E-state index in [4.69, 9.17) is 9.97 Å². The van der Waals surface area contributed by atoms with E-state index < -0.39 is 0 Å². The number of benzene rings is 1. The lowest BCUT2D eigenvalue weighted by Gasteiger charge is -2.33. The van der Waals surface area contributed by atoms with Crippen molar-refractivity contribution in [2.45, 2.75) is 58.3 Å². The maximum Gasteiger partial charge on any atom is 0.228 e. The molecule has 0 aliphatic carbocycles. The second-order valence-corrected chi connectivity index (χ2v) is 8.41. The number of hydrogen-bond donors (Lipinski definition) is 0. The summed E-state index contributed by atoms with van der Waals surface area (Å²) in [7, 11) is 0. The van der Waals surface area contributed by atoms with Gasteiger partial charge in [-0.1, -0.05) is 30.3 Å². The van der Waals surface area contributed by atoms with E-state index in [2.05, 4.69) is 12.1 Å². The SMILES string of the molecule is CC(=O)N1CCC[C@H](c2nc(C)c3c(n2)N(CCCc2ccccc2)C(=O)CC3)C1. The highest BCUT2D eigenvalue weighted by Crippen LogP contribution is 2.32. The molecule has 6 nitrogen and oxygen atoms in total. The number of fused-ring (bicyclic) bond motifs is 1. The van der Waals surface area contributed by atoms with Crippen molar-refractivity contribution in [2.75, 3.05) is 24.5 Å². The largest absolute Gasteiger partial charge is 0.342 e. The normalized spacial score (nSPS) is 19.0. The summed E-state index contributed by atoms with van der Waals surface area (Å²) < 4.78 is 0. The van der Waals surface area contributed by atoms with Crippen molar-refractivity contribution in [3.8, 4) is 0 Å². The first-order chi connectivity index (χ1) is 14.5. The summed E-state index contributed by atoms with van der Waals surface area (Å²) in [6.07, 6.45) is 5.00. The Kier molecular flexibility index (Phi) is 6.11. The Morgan fingerprint density at radius 3 is 2.73 bits per heavy atom. The summed E-state index contributed by atoms with van der Waals surface area (Å²) in [5.41, 5.74) is 3.35. The van der Waals surface area contributed by atoms with Crippen molar-refractivity contribution in [2.24, 2.45) is 0 Å². The lowest BCUT2D eigenvalue weighted by molar-refractivity contribution is -0.130. The summed E-state index contributed by atoms with van der Waals surface area (Å²) in [6, 6.07) is 10.4. The second-order valence-electron chi connectivity index (χ2n) is 8.41. The maximum absolute atomic E-state index is 12.8. The Morgan fingerprint density at radius 1 is 1.17 bits per heavy atom. The first kappa shape index (κ1) is 20.5. The van der Waals surface area contributed by atoms with Crippen LogP contribution in [0.25, 0.3) is 0 Å². The van der Waals surface area contributed by atoms with Crippen LogP contribution in [0.1, 0.15) is 61.2 Å². The molecular formula is C24H30N4O2. The van der Waals surface area contributed by atoms with Gasteiger partial charge in [0.05, 0.1) is 0 Å². The second kappa shape index (κ2) is 8.94. The number of hydrogen-bond acceptors (Lipinski definition) is 4. The molecule has 2 aliphatic heterocycles. The van der Waals surface area contributed by atoms with Crippen molar-refractivity contribution >= 4 is 17.6 Å². The predicted molar refractivity (Wildman–Crippen MR) is 116 cm³/mol. The lowest BCUT2D eigenvalue weighted by atomic mass is 9.96. The predicted octanol–water partition coefficient (Wildman–Crippen LogP) is 3.42. The van der Waals surface area contributed by atoms with Crippen LogP contribution in [0.3, 0.4) is 0 Å². The number of likely N-dealkylation sites (tertiary alicyclic amines) is 1. The summed E-state index contributed by atoms with van der Waals surface area (Å²) in [6.45, 7) is 5.78. The number of aromatic nitrogens is 2. The fourth-order valence-corrected chi connectivity index (χ4v) is 4.58. The molecular weight excluding hydrogens is 376 g/mol. The molecule has 0 radical (unpaired) electrons. The van der Waals surface area contributed by atoms with Crippen LogP contribution in [-0.2, 0) is 22.4 Å². The van der Waals surface area contributed by atoms with Gasteiger partial charge in [-0.3, -0.25) is 14.5 Å². The Bertz CT molecular complexity index is 928. The van der Waals surface area contributed by atoms with Crippen LogP contribution in [0, 0.1) is 6.92 Å². The van der Waals surface area contributed by atoms with E-state index in [1.807, 2.05) is 34.9 Å². The molecule has 0 saturated carbocycles. The highest BCUT2D eigenvalue weighted by Gasteiger charge is 2.31. The van der Waals surface area contributed by atoms with Crippen LogP contribution in [0.15, 0.2) is 30.3 Å². The van der Waals surface area contributed by atoms with Crippen molar-refractivity contribution in [1.29, 1.82) is 0 Å². The third-order valence-electron chi connectivity index (χ3n) is 6.28. The molecule has 2 aliphatic rings. The van der Waals surface area contributed by atoms with Crippen LogP contribution in [0.5, 0.6) is 0 Å². The van der Waals surface area contributed by atoms with Crippen LogP contribution >= 0.6 is 0 Å². The Hall–Kier alpha value is -2.76. The molecule has 0 spiro atoms. The van der Waals surface area contributed by atoms with Crippen molar-refractivity contribution in [1.82, 2.24) is 14.9 Å². The van der Waals surface area contributed by atoms with Gasteiger partial charge in [-0.2, -0.15) is 0 Å². The molecule has 0 unspecified atom stereocenters. The first-order valence-electron chi connectivity index (χ1n) is 11.0. The Balaban J connectivity index is 1.55. The first-order valence-corrected chi connectivity index (χ1v) is 11.0. The van der Waals surface area contributed by atoms with Gasteiger partial charge in [0.2, 0.25) is 11.8 Å². The number of anilines is 1. The molecule has 6 heteroatoms. The van der Waals surface area contributed by atoms with E-state index in [9.17, 15) is 9.59 Å². The number of nitrogens with zero attached hydrogens (tertiary/aromatic N) is 4. The number of aryl methyl sites for hydroxylation is 2. The standard InChI is InChI=1S/C24H30N4O2/c1-17-21-12-13-22(30)28(15-6-10-19-8-4-3-5-9-19)24(21)26-23(25-17)20-11-7-14-27(16-20)18(2)29/h3-5,8-9,20H,6-7,10-16H2,1-2H3/t20-/m0/s1. The van der Waals surface area contributed by atoms with Gasteiger partial charge in [-0.15, -0.1) is 0 Å². The molecule has 0 N–H and O–H groups in total. The van der Waals surface area contributed by atoms with E-state index in [1.165, 1.54) is 5.56 Å². The monoisotopic (exact) mass is 406 g/mol. The molecule has 2 amide bonds. The summed E-state index contributed by atoms with van der Waals surface area (Å²) >= 11 is 0. The molecule has 2 aromatic rings. The third kappa shape index (κ3) is 4.37. The van der Waals surface area contributed by atoms with Gasteiger partial charge in [0, 0.05) is 50.2 Å². The summed E-state index contributed by atoms with van der Waals surface area (Å²) in [4.78, 5) is 38.0.